The van der Waals surface area contributed by atoms with Gasteiger partial charge in [-0.15, -0.1) is 11.3 Å². The molecule has 0 aliphatic carbocycles. The van der Waals surface area contributed by atoms with Crippen LogP contribution in [0.4, 0.5) is 11.6 Å². The second-order valence-electron chi connectivity index (χ2n) is 4.75. The van der Waals surface area contributed by atoms with Gasteiger partial charge in [-0.25, -0.2) is 10.1 Å². The van der Waals surface area contributed by atoms with Crippen LogP contribution < -0.4 is 10.6 Å². The number of hydrogen-bond acceptors (Lipinski definition) is 5. The molecule has 3 aromatic rings. The third kappa shape index (κ3) is 3.82. The Labute approximate surface area is 127 Å². The highest BCUT2D eigenvalue weighted by Gasteiger charge is 1.99. The van der Waals surface area contributed by atoms with E-state index in [0.29, 0.717) is 5.95 Å². The van der Waals surface area contributed by atoms with Crippen LogP contribution in [-0.2, 0) is 13.1 Å². The van der Waals surface area contributed by atoms with Crippen molar-refractivity contribution in [2.24, 2.45) is 0 Å². The molecule has 0 aliphatic rings. The van der Waals surface area contributed by atoms with E-state index in [1.165, 1.54) is 21.6 Å². The van der Waals surface area contributed by atoms with Crippen LogP contribution in [0.2, 0.25) is 0 Å². The van der Waals surface area contributed by atoms with Crippen molar-refractivity contribution in [3.8, 4) is 0 Å². The van der Waals surface area contributed by atoms with E-state index in [-0.39, 0.29) is 0 Å². The molecule has 0 fully saturated rings. The van der Waals surface area contributed by atoms with Crippen molar-refractivity contribution in [3.63, 3.8) is 0 Å². The summed E-state index contributed by atoms with van der Waals surface area (Å²) < 4.78 is 0. The number of rotatable bonds is 6. The third-order valence-corrected chi connectivity index (χ3v) is 4.09. The van der Waals surface area contributed by atoms with Crippen molar-refractivity contribution < 1.29 is 0 Å². The largest absolute Gasteiger partial charge is 0.380 e. The number of aromatic amines is 1. The van der Waals surface area contributed by atoms with Crippen molar-refractivity contribution in [2.45, 2.75) is 20.0 Å². The zero-order valence-electron chi connectivity index (χ0n) is 11.8. The molecule has 1 aromatic carbocycles. The van der Waals surface area contributed by atoms with Gasteiger partial charge >= 0.3 is 0 Å². The number of nitrogens with one attached hydrogen (secondary N) is 3. The van der Waals surface area contributed by atoms with E-state index in [4.69, 9.17) is 0 Å². The summed E-state index contributed by atoms with van der Waals surface area (Å²) in [4.78, 5) is 6.72. The number of aromatic nitrogens is 3. The maximum Gasteiger partial charge on any atom is 0.218 e. The topological polar surface area (TPSA) is 65.6 Å². The Morgan fingerprint density at radius 3 is 2.57 bits per heavy atom. The van der Waals surface area contributed by atoms with Crippen LogP contribution in [0.15, 0.2) is 42.7 Å². The van der Waals surface area contributed by atoms with Gasteiger partial charge in [0.2, 0.25) is 5.95 Å². The molecule has 5 nitrogen and oxygen atoms in total. The smallest absolute Gasteiger partial charge is 0.218 e. The number of thiophene rings is 1. The van der Waals surface area contributed by atoms with E-state index in [0.717, 1.165) is 18.8 Å². The summed E-state index contributed by atoms with van der Waals surface area (Å²) in [5, 5.41) is 13.2. The van der Waals surface area contributed by atoms with Gasteiger partial charge in [0.15, 0.2) is 0 Å². The Bertz CT molecular complexity index is 672. The van der Waals surface area contributed by atoms with Gasteiger partial charge in [0.05, 0.1) is 0 Å². The highest BCUT2D eigenvalue weighted by molar-refractivity contribution is 7.11. The maximum atomic E-state index is 4.02. The molecule has 0 saturated heterocycles. The lowest BCUT2D eigenvalue weighted by Gasteiger charge is -2.07. The minimum absolute atomic E-state index is 0.685. The zero-order chi connectivity index (χ0) is 14.5. The van der Waals surface area contributed by atoms with E-state index in [9.17, 15) is 0 Å². The number of anilines is 2. The molecule has 2 heterocycles. The van der Waals surface area contributed by atoms with E-state index in [1.54, 1.807) is 0 Å². The molecule has 0 saturated carbocycles. The summed E-state index contributed by atoms with van der Waals surface area (Å²) in [6.45, 7) is 3.72. The summed E-state index contributed by atoms with van der Waals surface area (Å²) in [6, 6.07) is 12.7. The van der Waals surface area contributed by atoms with E-state index in [2.05, 4.69) is 69.1 Å². The van der Waals surface area contributed by atoms with Gasteiger partial charge in [-0.05, 0) is 36.8 Å². The van der Waals surface area contributed by atoms with Crippen molar-refractivity contribution in [2.75, 3.05) is 10.6 Å². The number of nitrogens with zero attached hydrogens (tertiary/aromatic N) is 2. The summed E-state index contributed by atoms with van der Waals surface area (Å²) in [5.41, 5.74) is 2.33. The molecule has 3 rings (SSSR count). The molecule has 108 valence electrons. The third-order valence-electron chi connectivity index (χ3n) is 3.09. The molecule has 0 radical (unpaired) electrons. The Hall–Kier alpha value is -2.34. The molecule has 0 atom stereocenters. The fourth-order valence-electron chi connectivity index (χ4n) is 1.99. The van der Waals surface area contributed by atoms with Gasteiger partial charge in [-0.3, -0.25) is 0 Å². The van der Waals surface area contributed by atoms with Crippen LogP contribution in [-0.4, -0.2) is 15.2 Å². The first-order valence-corrected chi connectivity index (χ1v) is 7.58. The van der Waals surface area contributed by atoms with Crippen LogP contribution in [0, 0.1) is 6.92 Å². The highest BCUT2D eigenvalue weighted by atomic mass is 32.1. The lowest BCUT2D eigenvalue weighted by atomic mass is 10.2. The first kappa shape index (κ1) is 13.6. The molecular formula is C15H17N5S. The van der Waals surface area contributed by atoms with Gasteiger partial charge in [-0.1, -0.05) is 12.1 Å². The van der Waals surface area contributed by atoms with Gasteiger partial charge in [0.25, 0.3) is 0 Å². The molecule has 6 heteroatoms. The molecule has 0 unspecified atom stereocenters. The summed E-state index contributed by atoms with van der Waals surface area (Å²) >= 11 is 1.83. The Balaban J connectivity index is 1.51. The molecule has 0 amide bonds. The van der Waals surface area contributed by atoms with Crippen molar-refractivity contribution >= 4 is 23.0 Å². The quantitative estimate of drug-likeness (QED) is 0.652. The Morgan fingerprint density at radius 1 is 1.05 bits per heavy atom. The summed E-state index contributed by atoms with van der Waals surface area (Å²) in [7, 11) is 0. The number of aryl methyl sites for hydroxylation is 1. The van der Waals surface area contributed by atoms with Crippen LogP contribution in [0.5, 0.6) is 0 Å². The second-order valence-corrected chi connectivity index (χ2v) is 6.12. The molecule has 21 heavy (non-hydrogen) atoms. The molecule has 0 aliphatic heterocycles. The number of H-pyrrole nitrogens is 1. The Morgan fingerprint density at radius 2 is 1.90 bits per heavy atom. The standard InChI is InChI=1S/C15H17N5S/c1-11-2-7-14(21-11)9-16-13-5-3-12(4-6-13)8-17-15-18-10-19-20-15/h2-7,10,16H,8-9H2,1H3,(H2,17,18,19,20). The lowest BCUT2D eigenvalue weighted by Crippen LogP contribution is -2.02. The summed E-state index contributed by atoms with van der Waals surface area (Å²) in [5.74, 6) is 0.685. The molecule has 0 spiro atoms. The zero-order valence-corrected chi connectivity index (χ0v) is 12.6. The van der Waals surface area contributed by atoms with Crippen LogP contribution in [0.25, 0.3) is 0 Å². The van der Waals surface area contributed by atoms with E-state index < -0.39 is 0 Å². The van der Waals surface area contributed by atoms with E-state index in [1.807, 2.05) is 11.3 Å². The van der Waals surface area contributed by atoms with Gasteiger partial charge in [0, 0.05) is 28.5 Å². The van der Waals surface area contributed by atoms with Crippen molar-refractivity contribution in [3.05, 3.63) is 58.0 Å². The van der Waals surface area contributed by atoms with Crippen molar-refractivity contribution in [1.82, 2.24) is 15.2 Å². The fourth-order valence-corrected chi connectivity index (χ4v) is 2.82. The maximum absolute atomic E-state index is 4.02. The first-order chi connectivity index (χ1) is 10.3. The van der Waals surface area contributed by atoms with Crippen LogP contribution >= 0.6 is 11.3 Å². The SMILES string of the molecule is Cc1ccc(CNc2ccc(CNc3ncn[nH]3)cc2)s1. The average molecular weight is 299 g/mol. The minimum atomic E-state index is 0.685. The summed E-state index contributed by atoms with van der Waals surface area (Å²) in [6.07, 6.45) is 1.49. The molecule has 0 bridgehead atoms. The molecular weight excluding hydrogens is 282 g/mol. The first-order valence-electron chi connectivity index (χ1n) is 6.77. The number of hydrogen-bond donors (Lipinski definition) is 3. The lowest BCUT2D eigenvalue weighted by molar-refractivity contribution is 1.04. The van der Waals surface area contributed by atoms with Crippen molar-refractivity contribution in [1.29, 1.82) is 0 Å². The van der Waals surface area contributed by atoms with Gasteiger partial charge < -0.3 is 10.6 Å². The number of benzene rings is 1. The predicted molar refractivity (Wildman–Crippen MR) is 86.5 cm³/mol. The Kier molecular flexibility index (Phi) is 4.16. The predicted octanol–water partition coefficient (Wildman–Crippen LogP) is 3.40. The van der Waals surface area contributed by atoms with Crippen LogP contribution in [0.3, 0.4) is 0 Å². The van der Waals surface area contributed by atoms with Crippen LogP contribution in [0.1, 0.15) is 15.3 Å². The van der Waals surface area contributed by atoms with Gasteiger partial charge in [-0.2, -0.15) is 5.10 Å². The van der Waals surface area contributed by atoms with Gasteiger partial charge in [0.1, 0.15) is 6.33 Å². The normalized spacial score (nSPS) is 10.5. The van der Waals surface area contributed by atoms with E-state index >= 15 is 0 Å². The monoisotopic (exact) mass is 299 g/mol. The fraction of sp³-hybridized carbons (Fsp3) is 0.200. The molecule has 3 N–H and O–H groups in total. The molecule has 2 aromatic heterocycles. The minimum Gasteiger partial charge on any atom is -0.380 e. The highest BCUT2D eigenvalue weighted by Crippen LogP contribution is 2.17. The second kappa shape index (κ2) is 6.41. The average Bonchev–Trinajstić information content (AvgIpc) is 3.15.